The molecule has 0 bridgehead atoms. The van der Waals surface area contributed by atoms with Crippen LogP contribution in [0.25, 0.3) is 10.8 Å². The van der Waals surface area contributed by atoms with Crippen LogP contribution in [0.2, 0.25) is 0 Å². The lowest BCUT2D eigenvalue weighted by molar-refractivity contribution is 0.481. The molecule has 3 nitrogen and oxygen atoms in total. The zero-order valence-electron chi connectivity index (χ0n) is 10.5. The van der Waals surface area contributed by atoms with E-state index in [1.165, 1.54) is 0 Å². The van der Waals surface area contributed by atoms with Crippen LogP contribution in [0.5, 0.6) is 5.75 Å². The van der Waals surface area contributed by atoms with Crippen LogP contribution in [0.15, 0.2) is 70.9 Å². The van der Waals surface area contributed by atoms with Crippen LogP contribution in [0, 0.1) is 3.57 Å². The van der Waals surface area contributed by atoms with Crippen LogP contribution in [-0.2, 0) is 0 Å². The van der Waals surface area contributed by atoms with Gasteiger partial charge >= 0.3 is 0 Å². The fourth-order valence-electron chi connectivity index (χ4n) is 1.97. The predicted molar refractivity (Wildman–Crippen MR) is 88.9 cm³/mol. The van der Waals surface area contributed by atoms with Crippen molar-refractivity contribution < 1.29 is 5.11 Å². The van der Waals surface area contributed by atoms with Crippen LogP contribution in [0.1, 0.15) is 0 Å². The van der Waals surface area contributed by atoms with E-state index < -0.39 is 0 Å². The monoisotopic (exact) mass is 374 g/mol. The molecule has 3 aromatic carbocycles. The Kier molecular flexibility index (Phi) is 3.64. The average molecular weight is 374 g/mol. The number of fused-ring (bicyclic) bond motifs is 1. The van der Waals surface area contributed by atoms with Gasteiger partial charge in [0.2, 0.25) is 0 Å². The molecule has 4 heteroatoms. The number of hydrogen-bond acceptors (Lipinski definition) is 3. The van der Waals surface area contributed by atoms with Gasteiger partial charge in [-0.2, -0.15) is 5.11 Å². The second-order valence-corrected chi connectivity index (χ2v) is 5.57. The largest absolute Gasteiger partial charge is 0.507 e. The van der Waals surface area contributed by atoms with Crippen molar-refractivity contribution in [1.82, 2.24) is 0 Å². The minimum Gasteiger partial charge on any atom is -0.507 e. The molecule has 3 aromatic rings. The van der Waals surface area contributed by atoms with Gasteiger partial charge in [0.15, 0.2) is 0 Å². The number of phenolic OH excluding ortho intramolecular Hbond substituents is 1. The lowest BCUT2D eigenvalue weighted by atomic mass is 10.1. The van der Waals surface area contributed by atoms with E-state index >= 15 is 0 Å². The molecule has 0 atom stereocenters. The van der Waals surface area contributed by atoms with Crippen molar-refractivity contribution in [3.05, 3.63) is 64.2 Å². The molecule has 1 N–H and O–H groups in total. The van der Waals surface area contributed by atoms with Gasteiger partial charge in [0, 0.05) is 14.3 Å². The molecule has 0 fully saturated rings. The topological polar surface area (TPSA) is 45.0 Å². The Morgan fingerprint density at radius 2 is 1.45 bits per heavy atom. The molecule has 0 aliphatic carbocycles. The summed E-state index contributed by atoms with van der Waals surface area (Å²) in [6.45, 7) is 0. The maximum Gasteiger partial charge on any atom is 0.123 e. The summed E-state index contributed by atoms with van der Waals surface area (Å²) in [4.78, 5) is 0. The molecule has 0 aromatic heterocycles. The zero-order valence-corrected chi connectivity index (χ0v) is 12.7. The minimum absolute atomic E-state index is 0.258. The van der Waals surface area contributed by atoms with Crippen molar-refractivity contribution in [3.8, 4) is 5.75 Å². The number of azo groups is 1. The second-order valence-electron chi connectivity index (χ2n) is 4.33. The average Bonchev–Trinajstić information content (AvgIpc) is 2.49. The van der Waals surface area contributed by atoms with Crippen molar-refractivity contribution >= 4 is 44.7 Å². The quantitative estimate of drug-likeness (QED) is 0.463. The molecule has 0 aliphatic heterocycles. The summed E-state index contributed by atoms with van der Waals surface area (Å²) in [5.74, 6) is 0.258. The molecule has 0 radical (unpaired) electrons. The number of hydrogen-bond donors (Lipinski definition) is 1. The minimum atomic E-state index is 0.258. The number of phenols is 1. The van der Waals surface area contributed by atoms with E-state index in [9.17, 15) is 5.11 Å². The van der Waals surface area contributed by atoms with Gasteiger partial charge in [0.1, 0.15) is 5.75 Å². The molecule has 0 saturated heterocycles. The van der Waals surface area contributed by atoms with E-state index in [2.05, 4.69) is 32.8 Å². The van der Waals surface area contributed by atoms with Gasteiger partial charge in [0.25, 0.3) is 0 Å². The van der Waals surface area contributed by atoms with E-state index in [0.29, 0.717) is 0 Å². The SMILES string of the molecule is Oc1ccc(N=Nc2ccc(I)cc2)c2ccccc12. The fraction of sp³-hybridized carbons (Fsp3) is 0. The smallest absolute Gasteiger partial charge is 0.123 e. The maximum atomic E-state index is 9.84. The Bertz CT molecular complexity index is 782. The summed E-state index contributed by atoms with van der Waals surface area (Å²) in [5, 5.41) is 20.0. The lowest BCUT2D eigenvalue weighted by Gasteiger charge is -2.03. The normalized spacial score (nSPS) is 11.2. The third kappa shape index (κ3) is 2.65. The van der Waals surface area contributed by atoms with Gasteiger partial charge in [-0.1, -0.05) is 24.3 Å². The van der Waals surface area contributed by atoms with Gasteiger partial charge in [-0.3, -0.25) is 0 Å². The fourth-order valence-corrected chi connectivity index (χ4v) is 2.33. The van der Waals surface area contributed by atoms with Gasteiger partial charge in [0.05, 0.1) is 11.4 Å². The first kappa shape index (κ1) is 13.1. The van der Waals surface area contributed by atoms with E-state index in [0.717, 1.165) is 25.7 Å². The molecule has 20 heavy (non-hydrogen) atoms. The highest BCUT2D eigenvalue weighted by Gasteiger charge is 2.03. The maximum absolute atomic E-state index is 9.84. The van der Waals surface area contributed by atoms with Gasteiger partial charge in [-0.15, -0.1) is 5.11 Å². The summed E-state index contributed by atoms with van der Waals surface area (Å²) in [7, 11) is 0. The molecule has 0 unspecified atom stereocenters. The summed E-state index contributed by atoms with van der Waals surface area (Å²) < 4.78 is 1.16. The number of benzene rings is 3. The highest BCUT2D eigenvalue weighted by molar-refractivity contribution is 14.1. The Morgan fingerprint density at radius 1 is 0.750 bits per heavy atom. The first-order valence-corrected chi connectivity index (χ1v) is 7.20. The Hall–Kier alpha value is -1.95. The van der Waals surface area contributed by atoms with Crippen LogP contribution in [-0.4, -0.2) is 5.11 Å². The number of rotatable bonds is 2. The summed E-state index contributed by atoms with van der Waals surface area (Å²) in [6, 6.07) is 18.9. The molecule has 0 heterocycles. The number of halogens is 1. The van der Waals surface area contributed by atoms with Crippen LogP contribution >= 0.6 is 22.6 Å². The first-order chi connectivity index (χ1) is 9.74. The van der Waals surface area contributed by atoms with E-state index in [4.69, 9.17) is 0 Å². The van der Waals surface area contributed by atoms with Gasteiger partial charge in [-0.25, -0.2) is 0 Å². The molecule has 0 spiro atoms. The molecule has 0 saturated carbocycles. The van der Waals surface area contributed by atoms with Crippen molar-refractivity contribution in [3.63, 3.8) is 0 Å². The van der Waals surface area contributed by atoms with E-state index in [1.807, 2.05) is 48.5 Å². The number of aromatic hydroxyl groups is 1. The summed E-state index contributed by atoms with van der Waals surface area (Å²) >= 11 is 2.25. The Morgan fingerprint density at radius 3 is 2.20 bits per heavy atom. The van der Waals surface area contributed by atoms with Crippen LogP contribution in [0.3, 0.4) is 0 Å². The molecular weight excluding hydrogens is 363 g/mol. The van der Waals surface area contributed by atoms with Crippen LogP contribution in [0.4, 0.5) is 11.4 Å². The van der Waals surface area contributed by atoms with E-state index in [1.54, 1.807) is 12.1 Å². The van der Waals surface area contributed by atoms with Crippen LogP contribution < -0.4 is 0 Å². The molecule has 0 amide bonds. The summed E-state index contributed by atoms with van der Waals surface area (Å²) in [6.07, 6.45) is 0. The van der Waals surface area contributed by atoms with Crippen molar-refractivity contribution in [2.24, 2.45) is 10.2 Å². The van der Waals surface area contributed by atoms with Crippen molar-refractivity contribution in [2.75, 3.05) is 0 Å². The zero-order chi connectivity index (χ0) is 13.9. The second kappa shape index (κ2) is 5.58. The van der Waals surface area contributed by atoms with Gasteiger partial charge in [-0.05, 0) is 59.0 Å². The number of nitrogens with zero attached hydrogens (tertiary/aromatic N) is 2. The molecule has 98 valence electrons. The lowest BCUT2D eigenvalue weighted by Crippen LogP contribution is -1.74. The van der Waals surface area contributed by atoms with Crippen molar-refractivity contribution in [2.45, 2.75) is 0 Å². The standard InChI is InChI=1S/C16H11IN2O/c17-11-5-7-12(8-6-11)18-19-15-9-10-16(20)14-4-2-1-3-13(14)15/h1-10,20H. The Labute approximate surface area is 130 Å². The Balaban J connectivity index is 2.03. The molecule has 0 aliphatic rings. The predicted octanol–water partition coefficient (Wildman–Crippen LogP) is 5.57. The highest BCUT2D eigenvalue weighted by atomic mass is 127. The highest BCUT2D eigenvalue weighted by Crippen LogP contribution is 2.33. The molecule has 3 rings (SSSR count). The third-order valence-electron chi connectivity index (χ3n) is 2.98. The molecular formula is C16H11IN2O. The third-order valence-corrected chi connectivity index (χ3v) is 3.70. The van der Waals surface area contributed by atoms with E-state index in [-0.39, 0.29) is 5.75 Å². The van der Waals surface area contributed by atoms with Gasteiger partial charge < -0.3 is 5.11 Å². The first-order valence-electron chi connectivity index (χ1n) is 6.12. The van der Waals surface area contributed by atoms with Crippen molar-refractivity contribution in [1.29, 1.82) is 0 Å². The summed E-state index contributed by atoms with van der Waals surface area (Å²) in [5.41, 5.74) is 1.56.